The normalized spacial score (nSPS) is 11.5. The van der Waals surface area contributed by atoms with Gasteiger partial charge in [0, 0.05) is 5.97 Å². The molecule has 0 heterocycles. The van der Waals surface area contributed by atoms with Crippen molar-refractivity contribution in [3.05, 3.63) is 36.5 Å². The van der Waals surface area contributed by atoms with E-state index in [2.05, 4.69) is 43.4 Å². The zero-order valence-corrected chi connectivity index (χ0v) is 13.9. The zero-order valence-electron chi connectivity index (χ0n) is 13.9. The molecule has 0 bridgehead atoms. The number of quaternary nitrogens is 1. The quantitative estimate of drug-likeness (QED) is 0.395. The van der Waals surface area contributed by atoms with Crippen LogP contribution in [0.1, 0.15) is 71.1 Å². The number of carboxylic acid groups (broad SMARTS) is 1. The van der Waals surface area contributed by atoms with Crippen LogP contribution in [0.4, 0.5) is 0 Å². The average molecular weight is 295 g/mol. The summed E-state index contributed by atoms with van der Waals surface area (Å²) in [6, 6.07) is 0. The lowest BCUT2D eigenvalue weighted by Gasteiger charge is -1.98. The molecule has 0 aliphatic heterocycles. The summed E-state index contributed by atoms with van der Waals surface area (Å²) in [6.45, 7) is 2.23. The molecule has 0 aromatic carbocycles. The van der Waals surface area contributed by atoms with Crippen LogP contribution in [-0.4, -0.2) is 5.97 Å². The Morgan fingerprint density at radius 2 is 1.29 bits per heavy atom. The van der Waals surface area contributed by atoms with E-state index < -0.39 is 5.97 Å². The number of unbranched alkanes of at least 4 members (excludes halogenated alkanes) is 5. The summed E-state index contributed by atoms with van der Waals surface area (Å²) < 4.78 is 0. The molecule has 0 spiro atoms. The van der Waals surface area contributed by atoms with Gasteiger partial charge in [-0.2, -0.15) is 0 Å². The number of rotatable bonds is 13. The molecule has 0 saturated carbocycles. The first-order chi connectivity index (χ1) is 9.77. The second-order valence-electron chi connectivity index (χ2n) is 5.00. The van der Waals surface area contributed by atoms with Crippen LogP contribution in [0.15, 0.2) is 36.5 Å². The summed E-state index contributed by atoms with van der Waals surface area (Å²) in [7, 11) is 0. The number of allylic oxidation sites excluding steroid dienone is 6. The molecule has 0 aromatic heterocycles. The van der Waals surface area contributed by atoms with Gasteiger partial charge in [0.15, 0.2) is 0 Å². The first-order valence-corrected chi connectivity index (χ1v) is 7.92. The number of carbonyl (C=O) groups excluding carboxylic acids is 1. The molecule has 0 aliphatic carbocycles. The Morgan fingerprint density at radius 1 is 0.810 bits per heavy atom. The van der Waals surface area contributed by atoms with E-state index in [1.54, 1.807) is 0 Å². The summed E-state index contributed by atoms with van der Waals surface area (Å²) in [5, 5.41) is 10.2. The standard InChI is InChI=1S/C18H30O2.H3N/c1-2-3-4-5-6-7-8-9-10-11-12-13-14-15-16-17-18(19)20;/h6-7,9-10,12-13H,2-5,8,11,14-17H2,1H3,(H,19,20);1H3/b7-6-,10-9-,13-12-;. The summed E-state index contributed by atoms with van der Waals surface area (Å²) >= 11 is 0. The number of carboxylic acids is 1. The molecular formula is C18H33NO2. The minimum absolute atomic E-state index is 0. The Bertz CT molecular complexity index is 306. The molecule has 122 valence electrons. The Morgan fingerprint density at radius 3 is 1.76 bits per heavy atom. The topological polar surface area (TPSA) is 76.6 Å². The van der Waals surface area contributed by atoms with E-state index in [0.29, 0.717) is 6.42 Å². The summed E-state index contributed by atoms with van der Waals surface area (Å²) in [5.41, 5.74) is 0. The molecule has 0 atom stereocenters. The molecule has 0 rings (SSSR count). The van der Waals surface area contributed by atoms with E-state index in [4.69, 9.17) is 0 Å². The van der Waals surface area contributed by atoms with Gasteiger partial charge in [-0.15, -0.1) is 0 Å². The smallest absolute Gasteiger partial charge is 0.0414 e. The number of hydrogen-bond acceptors (Lipinski definition) is 2. The monoisotopic (exact) mass is 295 g/mol. The van der Waals surface area contributed by atoms with Crippen molar-refractivity contribution in [2.75, 3.05) is 0 Å². The van der Waals surface area contributed by atoms with Crippen molar-refractivity contribution in [3.8, 4) is 0 Å². The molecule has 0 saturated heterocycles. The van der Waals surface area contributed by atoms with Crippen molar-refractivity contribution in [1.29, 1.82) is 0 Å². The molecular weight excluding hydrogens is 262 g/mol. The van der Waals surface area contributed by atoms with Gasteiger partial charge in [0.25, 0.3) is 0 Å². The van der Waals surface area contributed by atoms with Crippen LogP contribution in [0.5, 0.6) is 0 Å². The maximum absolute atomic E-state index is 10.2. The number of carbonyl (C=O) groups is 1. The highest BCUT2D eigenvalue weighted by Crippen LogP contribution is 2.02. The first-order valence-electron chi connectivity index (χ1n) is 7.92. The lowest BCUT2D eigenvalue weighted by atomic mass is 10.2. The van der Waals surface area contributed by atoms with Crippen LogP contribution < -0.4 is 11.3 Å². The summed E-state index contributed by atoms with van der Waals surface area (Å²) in [6.07, 6.45) is 23.0. The number of aliphatic carboxylic acids is 1. The van der Waals surface area contributed by atoms with Crippen LogP contribution in [0.3, 0.4) is 0 Å². The number of hydrogen-bond donors (Lipinski definition) is 1. The van der Waals surface area contributed by atoms with Gasteiger partial charge in [0.2, 0.25) is 0 Å². The fourth-order valence-electron chi connectivity index (χ4n) is 1.82. The van der Waals surface area contributed by atoms with Crippen molar-refractivity contribution in [2.45, 2.75) is 71.1 Å². The molecule has 0 aliphatic rings. The average Bonchev–Trinajstić information content (AvgIpc) is 2.43. The van der Waals surface area contributed by atoms with Gasteiger partial charge in [0.1, 0.15) is 0 Å². The van der Waals surface area contributed by atoms with E-state index in [1.165, 1.54) is 25.7 Å². The molecule has 0 aromatic rings. The highest BCUT2D eigenvalue weighted by Gasteiger charge is 1.86. The lowest BCUT2D eigenvalue weighted by molar-refractivity contribution is -0.305. The first kappa shape index (κ1) is 21.9. The molecule has 0 amide bonds. The second kappa shape index (κ2) is 18.7. The van der Waals surface area contributed by atoms with Crippen LogP contribution in [0, 0.1) is 0 Å². The molecule has 3 heteroatoms. The van der Waals surface area contributed by atoms with Gasteiger partial charge < -0.3 is 16.1 Å². The second-order valence-corrected chi connectivity index (χ2v) is 5.00. The van der Waals surface area contributed by atoms with Crippen molar-refractivity contribution >= 4 is 5.97 Å². The third-order valence-electron chi connectivity index (χ3n) is 3.02. The van der Waals surface area contributed by atoms with Crippen LogP contribution in [0.25, 0.3) is 0 Å². The van der Waals surface area contributed by atoms with E-state index in [0.717, 1.165) is 25.7 Å². The van der Waals surface area contributed by atoms with Crippen molar-refractivity contribution in [1.82, 2.24) is 6.15 Å². The van der Waals surface area contributed by atoms with Gasteiger partial charge in [-0.3, -0.25) is 0 Å². The van der Waals surface area contributed by atoms with Gasteiger partial charge >= 0.3 is 0 Å². The Kier molecular flexibility index (Phi) is 19.5. The molecule has 21 heavy (non-hydrogen) atoms. The van der Waals surface area contributed by atoms with Gasteiger partial charge in [-0.25, -0.2) is 0 Å². The summed E-state index contributed by atoms with van der Waals surface area (Å²) in [5.74, 6) is -0.945. The summed E-state index contributed by atoms with van der Waals surface area (Å²) in [4.78, 5) is 10.2. The van der Waals surface area contributed by atoms with Crippen LogP contribution in [0.2, 0.25) is 0 Å². The maximum atomic E-state index is 10.2. The third-order valence-corrected chi connectivity index (χ3v) is 3.02. The third kappa shape index (κ3) is 21.1. The Labute approximate surface area is 130 Å². The van der Waals surface area contributed by atoms with Crippen molar-refractivity contribution in [2.24, 2.45) is 0 Å². The van der Waals surface area contributed by atoms with E-state index in [-0.39, 0.29) is 12.6 Å². The highest BCUT2D eigenvalue weighted by atomic mass is 16.4. The molecule has 4 N–H and O–H groups in total. The zero-order chi connectivity index (χ0) is 14.9. The highest BCUT2D eigenvalue weighted by molar-refractivity contribution is 5.64. The molecule has 0 unspecified atom stereocenters. The van der Waals surface area contributed by atoms with Crippen LogP contribution in [-0.2, 0) is 4.79 Å². The van der Waals surface area contributed by atoms with E-state index >= 15 is 0 Å². The Balaban J connectivity index is 0. The molecule has 0 radical (unpaired) electrons. The molecule has 3 nitrogen and oxygen atoms in total. The predicted molar refractivity (Wildman–Crippen MR) is 90.3 cm³/mol. The fourth-order valence-corrected chi connectivity index (χ4v) is 1.82. The van der Waals surface area contributed by atoms with E-state index in [1.807, 2.05) is 0 Å². The van der Waals surface area contributed by atoms with Crippen molar-refractivity contribution < 1.29 is 9.90 Å². The van der Waals surface area contributed by atoms with Crippen molar-refractivity contribution in [3.63, 3.8) is 0 Å². The minimum Gasteiger partial charge on any atom is -0.550 e. The SMILES string of the molecule is CCCCC/C=C\C/C=C\C/C=C\CCCCC(=O)[O-].[NH4+]. The largest absolute Gasteiger partial charge is 0.550 e. The van der Waals surface area contributed by atoms with Gasteiger partial charge in [-0.05, 0) is 51.4 Å². The minimum atomic E-state index is -0.945. The maximum Gasteiger partial charge on any atom is 0.0414 e. The lowest BCUT2D eigenvalue weighted by Crippen LogP contribution is -2.21. The van der Waals surface area contributed by atoms with Gasteiger partial charge in [-0.1, -0.05) is 56.2 Å². The van der Waals surface area contributed by atoms with Gasteiger partial charge in [0.05, 0.1) is 0 Å². The molecule has 0 fully saturated rings. The fraction of sp³-hybridized carbons (Fsp3) is 0.611. The predicted octanol–water partition coefficient (Wildman–Crippen LogP) is 4.70. The van der Waals surface area contributed by atoms with Crippen LogP contribution >= 0.6 is 0 Å². The van der Waals surface area contributed by atoms with E-state index in [9.17, 15) is 9.90 Å². The Hall–Kier alpha value is -1.35.